The largest absolute Gasteiger partial charge is 0.493 e. The van der Waals surface area contributed by atoms with E-state index in [4.69, 9.17) is 14.6 Å². The lowest BCUT2D eigenvalue weighted by molar-refractivity contribution is -0.137. The Hall–Kier alpha value is -4.64. The van der Waals surface area contributed by atoms with Crippen LogP contribution in [0.1, 0.15) is 29.5 Å². The molecule has 4 rings (SSSR count). The summed E-state index contributed by atoms with van der Waals surface area (Å²) in [5.74, 6) is -0.547. The van der Waals surface area contributed by atoms with Crippen molar-refractivity contribution in [1.29, 1.82) is 0 Å². The number of rotatable bonds is 14. The molecule has 0 heterocycles. The highest BCUT2D eigenvalue weighted by molar-refractivity contribution is 7.92. The number of anilines is 2. The number of sulfonamides is 1. The van der Waals surface area contributed by atoms with Crippen LogP contribution in [0.3, 0.4) is 0 Å². The van der Waals surface area contributed by atoms with Gasteiger partial charge in [0, 0.05) is 42.9 Å². The Morgan fingerprint density at radius 1 is 0.907 bits per heavy atom. The molecule has 0 saturated carbocycles. The van der Waals surface area contributed by atoms with Crippen molar-refractivity contribution in [1.82, 2.24) is 0 Å². The number of nitrogens with one attached hydrogen (secondary N) is 1. The van der Waals surface area contributed by atoms with Gasteiger partial charge in [-0.2, -0.15) is 0 Å². The quantitative estimate of drug-likeness (QED) is 0.150. The van der Waals surface area contributed by atoms with Crippen molar-refractivity contribution >= 4 is 27.4 Å². The molecule has 0 amide bonds. The van der Waals surface area contributed by atoms with Crippen molar-refractivity contribution in [3.8, 4) is 17.2 Å². The Kier molecular flexibility index (Phi) is 10.2. The highest BCUT2D eigenvalue weighted by Crippen LogP contribution is 2.31. The van der Waals surface area contributed by atoms with Crippen LogP contribution in [0.15, 0.2) is 84.9 Å². The number of nitrogens with zero attached hydrogens (tertiary/aromatic N) is 1. The lowest BCUT2D eigenvalue weighted by Gasteiger charge is -2.28. The van der Waals surface area contributed by atoms with E-state index in [0.29, 0.717) is 47.2 Å². The molecule has 0 atom stereocenters. The number of hydrogen-bond acceptors (Lipinski definition) is 6. The first-order chi connectivity index (χ1) is 20.5. The van der Waals surface area contributed by atoms with Gasteiger partial charge in [-0.1, -0.05) is 30.3 Å². The van der Waals surface area contributed by atoms with Crippen molar-refractivity contribution in [3.63, 3.8) is 0 Å². The second-order valence-corrected chi connectivity index (χ2v) is 11.7. The summed E-state index contributed by atoms with van der Waals surface area (Å²) in [5.41, 5.74) is 2.89. The fraction of sp³-hybridized carbons (Fsp3) is 0.219. The van der Waals surface area contributed by atoms with Gasteiger partial charge in [0.25, 0.3) is 0 Å². The lowest BCUT2D eigenvalue weighted by atomic mass is 10.1. The van der Waals surface area contributed by atoms with Crippen molar-refractivity contribution < 1.29 is 36.6 Å². The van der Waals surface area contributed by atoms with E-state index in [-0.39, 0.29) is 25.1 Å². The molecule has 0 aliphatic carbocycles. The topological polar surface area (TPSA) is 105 Å². The van der Waals surface area contributed by atoms with Crippen LogP contribution in [0.2, 0.25) is 0 Å². The SMILES string of the molecule is Cc1c(NS(C)(=O)=O)cccc1N(Cc1ccc(Oc2cccc(OCCCC(=O)O)c2)cc1)Cc1ccc(F)cc1F. The van der Waals surface area contributed by atoms with Crippen LogP contribution in [0.25, 0.3) is 0 Å². The number of hydrogen-bond donors (Lipinski definition) is 2. The molecular formula is C32H32F2N2O6S. The Bertz CT molecular complexity index is 1680. The monoisotopic (exact) mass is 610 g/mol. The summed E-state index contributed by atoms with van der Waals surface area (Å²) in [7, 11) is -3.53. The Balaban J connectivity index is 1.53. The third kappa shape index (κ3) is 9.44. The molecule has 0 aliphatic rings. The predicted molar refractivity (Wildman–Crippen MR) is 161 cm³/mol. The smallest absolute Gasteiger partial charge is 0.303 e. The molecule has 0 radical (unpaired) electrons. The van der Waals surface area contributed by atoms with Crippen LogP contribution >= 0.6 is 0 Å². The van der Waals surface area contributed by atoms with E-state index in [2.05, 4.69) is 4.72 Å². The molecular weight excluding hydrogens is 578 g/mol. The van der Waals surface area contributed by atoms with E-state index in [1.807, 2.05) is 23.1 Å². The maximum absolute atomic E-state index is 14.7. The third-order valence-corrected chi connectivity index (χ3v) is 7.05. The van der Waals surface area contributed by atoms with Crippen LogP contribution in [0.5, 0.6) is 17.2 Å². The van der Waals surface area contributed by atoms with E-state index < -0.39 is 27.6 Å². The van der Waals surface area contributed by atoms with Gasteiger partial charge in [0.05, 0.1) is 18.6 Å². The summed E-state index contributed by atoms with van der Waals surface area (Å²) in [6.45, 7) is 2.49. The number of carbonyl (C=O) groups is 1. The lowest BCUT2D eigenvalue weighted by Crippen LogP contribution is -2.24. The van der Waals surface area contributed by atoms with Crippen LogP contribution < -0.4 is 19.1 Å². The van der Waals surface area contributed by atoms with Crippen molar-refractivity contribution in [3.05, 3.63) is 113 Å². The Morgan fingerprint density at radius 3 is 2.33 bits per heavy atom. The molecule has 0 spiro atoms. The van der Waals surface area contributed by atoms with Crippen molar-refractivity contribution in [2.45, 2.75) is 32.9 Å². The second kappa shape index (κ2) is 14.0. The maximum atomic E-state index is 14.7. The van der Waals surface area contributed by atoms with Gasteiger partial charge < -0.3 is 19.5 Å². The number of halogens is 2. The molecule has 0 bridgehead atoms. The van der Waals surface area contributed by atoms with Gasteiger partial charge in [0.2, 0.25) is 10.0 Å². The molecule has 8 nitrogen and oxygen atoms in total. The second-order valence-electron chi connectivity index (χ2n) is 9.98. The highest BCUT2D eigenvalue weighted by Gasteiger charge is 2.17. The van der Waals surface area contributed by atoms with Gasteiger partial charge in [-0.3, -0.25) is 9.52 Å². The van der Waals surface area contributed by atoms with Crippen LogP contribution in [-0.4, -0.2) is 32.4 Å². The number of carboxylic acids is 1. The fourth-order valence-electron chi connectivity index (χ4n) is 4.42. The predicted octanol–water partition coefficient (Wildman–Crippen LogP) is 6.89. The van der Waals surface area contributed by atoms with Gasteiger partial charge in [-0.25, -0.2) is 17.2 Å². The van der Waals surface area contributed by atoms with E-state index in [1.54, 1.807) is 55.5 Å². The number of benzene rings is 4. The average Bonchev–Trinajstić information content (AvgIpc) is 2.94. The van der Waals surface area contributed by atoms with Gasteiger partial charge >= 0.3 is 5.97 Å². The minimum Gasteiger partial charge on any atom is -0.493 e. The third-order valence-electron chi connectivity index (χ3n) is 6.46. The summed E-state index contributed by atoms with van der Waals surface area (Å²) in [6.07, 6.45) is 1.49. The Morgan fingerprint density at radius 2 is 1.63 bits per heavy atom. The van der Waals surface area contributed by atoms with Crippen molar-refractivity contribution in [2.24, 2.45) is 0 Å². The first kappa shape index (κ1) is 31.3. The summed E-state index contributed by atoms with van der Waals surface area (Å²) in [5, 5.41) is 8.76. The standard InChI is InChI=1S/C32H32F2N2O6S/c1-22-30(35-43(2,39)40)8-4-9-31(22)36(21-24-13-14-25(33)18-29(24)34)20-23-11-15-26(16-12-23)42-28-7-3-6-27(19-28)41-17-5-10-32(37)38/h3-4,6-9,11-16,18-19,35H,5,10,17,20-21H2,1-2H3,(H,37,38). The zero-order chi connectivity index (χ0) is 31.0. The number of aliphatic carboxylic acids is 1. The van der Waals surface area contributed by atoms with Crippen LogP contribution in [-0.2, 0) is 27.9 Å². The van der Waals surface area contributed by atoms with E-state index in [0.717, 1.165) is 17.9 Å². The average molecular weight is 611 g/mol. The molecule has 11 heteroatoms. The first-order valence-electron chi connectivity index (χ1n) is 13.4. The molecule has 226 valence electrons. The normalized spacial score (nSPS) is 11.2. The minimum atomic E-state index is -3.53. The molecule has 0 unspecified atom stereocenters. The van der Waals surface area contributed by atoms with E-state index in [1.165, 1.54) is 12.1 Å². The molecule has 2 N–H and O–H groups in total. The number of carboxylic acid groups (broad SMARTS) is 1. The van der Waals surface area contributed by atoms with Gasteiger partial charge in [0.15, 0.2) is 0 Å². The summed E-state index contributed by atoms with van der Waals surface area (Å²) in [6, 6.07) is 23.0. The van der Waals surface area contributed by atoms with Crippen molar-refractivity contribution in [2.75, 3.05) is 22.5 Å². The van der Waals surface area contributed by atoms with Gasteiger partial charge in [-0.15, -0.1) is 0 Å². The zero-order valence-corrected chi connectivity index (χ0v) is 24.5. The van der Waals surface area contributed by atoms with Crippen LogP contribution in [0.4, 0.5) is 20.2 Å². The minimum absolute atomic E-state index is 0.0291. The number of ether oxygens (including phenoxy) is 2. The molecule has 0 aromatic heterocycles. The van der Waals surface area contributed by atoms with Gasteiger partial charge in [-0.05, 0) is 66.9 Å². The highest BCUT2D eigenvalue weighted by atomic mass is 32.2. The molecule has 4 aromatic rings. The van der Waals surface area contributed by atoms with E-state index >= 15 is 0 Å². The Labute approximate surface area is 249 Å². The maximum Gasteiger partial charge on any atom is 0.303 e. The fourth-order valence-corrected chi connectivity index (χ4v) is 5.04. The molecule has 43 heavy (non-hydrogen) atoms. The zero-order valence-electron chi connectivity index (χ0n) is 23.7. The molecule has 0 aliphatic heterocycles. The van der Waals surface area contributed by atoms with Gasteiger partial charge in [0.1, 0.15) is 28.9 Å². The van der Waals surface area contributed by atoms with E-state index in [9.17, 15) is 22.0 Å². The summed E-state index contributed by atoms with van der Waals surface area (Å²) < 4.78 is 66.2. The molecule has 0 saturated heterocycles. The molecule has 0 fully saturated rings. The summed E-state index contributed by atoms with van der Waals surface area (Å²) in [4.78, 5) is 12.6. The van der Waals surface area contributed by atoms with Crippen LogP contribution in [0, 0.1) is 18.6 Å². The summed E-state index contributed by atoms with van der Waals surface area (Å²) >= 11 is 0. The first-order valence-corrected chi connectivity index (χ1v) is 15.3. The molecule has 4 aromatic carbocycles.